The van der Waals surface area contributed by atoms with Crippen LogP contribution in [0.5, 0.6) is 0 Å². The maximum atomic E-state index is 12.5. The molecule has 6 rings (SSSR count). The van der Waals surface area contributed by atoms with Gasteiger partial charge in [0.1, 0.15) is 146 Å². The number of aliphatic hydroxyl groups excluding tert-OH is 18. The van der Waals surface area contributed by atoms with Gasteiger partial charge in [0, 0.05) is 13.8 Å². The lowest BCUT2D eigenvalue weighted by atomic mass is 9.94. The number of ether oxygens (including phenoxy) is 11. The van der Waals surface area contributed by atoms with Crippen LogP contribution in [0.1, 0.15) is 13.8 Å². The van der Waals surface area contributed by atoms with Gasteiger partial charge in [0.05, 0.1) is 39.6 Å². The van der Waals surface area contributed by atoms with E-state index in [1.54, 1.807) is 0 Å². The summed E-state index contributed by atoms with van der Waals surface area (Å²) in [6, 6.07) is -3.26. The van der Waals surface area contributed by atoms with Crippen molar-refractivity contribution in [2.24, 2.45) is 0 Å². The monoisotopic (exact) mass is 1070 g/mol. The number of nitrogens with one attached hydrogen (secondary N) is 2. The maximum absolute atomic E-state index is 12.5. The van der Waals surface area contributed by atoms with Crippen LogP contribution in [0.4, 0.5) is 0 Å². The van der Waals surface area contributed by atoms with Gasteiger partial charge >= 0.3 is 0 Å². The Morgan fingerprint density at radius 1 is 0.356 bits per heavy atom. The standard InChI is InChI=1S/C40H68N2O31/c1-9(48)41-17-21(52)31(13(5-45)64-35(17)62)70-36-18(42-10(2)49)22(53)32(14(6-46)67-36)71-40-30(61)26(57)34(16(69-40)8-63-37-27(58)23(54)19(50)11(3-43)65-37)73-39-29(60)25(56)33(15(7-47)68-39)72-38-28(59)24(55)20(51)12(4-44)66-38/h11-40,43-47,50-62H,3-8H2,1-2H3,(H,41,48)(H,42,49)/t11-,12-,13-,14-,15-,16-,17-,18-,19-,20-,21-,22-,23+,24+,25-,26-,27+,28+,29+,30+,31-,32-,33-,34-,35+,36-,37-,38+,39-,40+/m1/s1. The van der Waals surface area contributed by atoms with Crippen molar-refractivity contribution < 1.29 is 154 Å². The second-order valence-corrected chi connectivity index (χ2v) is 18.3. The van der Waals surface area contributed by atoms with Crippen molar-refractivity contribution in [1.82, 2.24) is 10.6 Å². The van der Waals surface area contributed by atoms with Crippen molar-refractivity contribution in [2.45, 2.75) is 198 Å². The van der Waals surface area contributed by atoms with Gasteiger partial charge in [-0.05, 0) is 0 Å². The first-order valence-electron chi connectivity index (χ1n) is 23.1. The lowest BCUT2D eigenvalue weighted by Gasteiger charge is -2.50. The molecule has 0 saturated carbocycles. The number of carbonyl (C=O) groups is 2. The Bertz CT molecular complexity index is 1740. The van der Waals surface area contributed by atoms with Crippen LogP contribution >= 0.6 is 0 Å². The van der Waals surface area contributed by atoms with E-state index in [4.69, 9.17) is 52.1 Å². The van der Waals surface area contributed by atoms with E-state index < -0.39 is 236 Å². The zero-order valence-corrected chi connectivity index (χ0v) is 38.9. The highest BCUT2D eigenvalue weighted by molar-refractivity contribution is 5.73. The summed E-state index contributed by atoms with van der Waals surface area (Å²) in [7, 11) is 0. The smallest absolute Gasteiger partial charge is 0.217 e. The van der Waals surface area contributed by atoms with Crippen LogP contribution in [0.25, 0.3) is 0 Å². The first-order chi connectivity index (χ1) is 34.5. The van der Waals surface area contributed by atoms with Crippen molar-refractivity contribution in [2.75, 3.05) is 39.6 Å². The molecule has 0 aromatic carbocycles. The van der Waals surface area contributed by atoms with E-state index >= 15 is 0 Å². The molecule has 0 bridgehead atoms. The Morgan fingerprint density at radius 2 is 0.671 bits per heavy atom. The highest BCUT2D eigenvalue weighted by atomic mass is 16.8. The van der Waals surface area contributed by atoms with Crippen LogP contribution in [0.2, 0.25) is 0 Å². The quantitative estimate of drug-likeness (QED) is 0.0606. The second-order valence-electron chi connectivity index (χ2n) is 18.3. The minimum atomic E-state index is -2.29. The van der Waals surface area contributed by atoms with Crippen LogP contribution in [-0.2, 0) is 61.7 Å². The van der Waals surface area contributed by atoms with Crippen molar-refractivity contribution >= 4 is 11.8 Å². The van der Waals surface area contributed by atoms with Gasteiger partial charge in [0.2, 0.25) is 11.8 Å². The molecule has 20 N–H and O–H groups in total. The summed E-state index contributed by atoms with van der Waals surface area (Å²) in [4.78, 5) is 24.4. The van der Waals surface area contributed by atoms with Crippen LogP contribution in [-0.4, -0.2) is 327 Å². The van der Waals surface area contributed by atoms with Crippen LogP contribution in [0.15, 0.2) is 0 Å². The molecule has 0 aromatic heterocycles. The summed E-state index contributed by atoms with van der Waals surface area (Å²) < 4.78 is 62.6. The van der Waals surface area contributed by atoms with E-state index in [2.05, 4.69) is 10.6 Å². The average Bonchev–Trinajstić information content (AvgIpc) is 3.36. The fourth-order valence-corrected chi connectivity index (χ4v) is 9.23. The van der Waals surface area contributed by atoms with E-state index in [1.807, 2.05) is 0 Å². The Hall–Kier alpha value is -2.22. The molecule has 6 fully saturated rings. The second kappa shape index (κ2) is 26.0. The molecular weight excluding hydrogens is 1000 g/mol. The number of hydrogen-bond acceptors (Lipinski definition) is 31. The Balaban J connectivity index is 1.24. The van der Waals surface area contributed by atoms with Gasteiger partial charge in [-0.15, -0.1) is 0 Å². The van der Waals surface area contributed by atoms with Gasteiger partial charge < -0.3 is 155 Å². The SMILES string of the molecule is CC(=O)N[C@@H]1[C@@H](O)[C@H](O[C@H]2O[C@H](CO)[C@@H](O[C@@H]3O[C@H](CO[C@@H]4O[C@H](CO)[C@@H](O)[C@H](O)[C@@H]4O)[C@@H](O[C@H]4O[C@H](CO)[C@@H](O[C@@H]5O[C@H](CO)[C@@H](O)[C@H](O)[C@@H]5O)[C@H](O)[C@@H]4O)[C@H](O)[C@@H]3O)[C@H](O)[C@H]2NC(C)=O)[C@@H](CO)O[C@@H]1O. The molecular formula is C40H68N2O31. The van der Waals surface area contributed by atoms with Gasteiger partial charge in [0.25, 0.3) is 0 Å². The molecule has 6 heterocycles. The van der Waals surface area contributed by atoms with E-state index in [0.717, 1.165) is 13.8 Å². The fraction of sp³-hybridized carbons (Fsp3) is 0.950. The van der Waals surface area contributed by atoms with E-state index in [-0.39, 0.29) is 0 Å². The Labute approximate surface area is 413 Å². The predicted octanol–water partition coefficient (Wildman–Crippen LogP) is -13.8. The summed E-state index contributed by atoms with van der Waals surface area (Å²) in [5, 5.41) is 196. The molecule has 0 aromatic rings. The number of aliphatic hydroxyl groups is 18. The van der Waals surface area contributed by atoms with Gasteiger partial charge in [0.15, 0.2) is 37.7 Å². The first-order valence-corrected chi connectivity index (χ1v) is 23.1. The normalized spacial score (nSPS) is 49.8. The number of rotatable bonds is 18. The minimum Gasteiger partial charge on any atom is -0.394 e. The molecule has 424 valence electrons. The van der Waals surface area contributed by atoms with Crippen molar-refractivity contribution in [1.29, 1.82) is 0 Å². The summed E-state index contributed by atoms with van der Waals surface area (Å²) in [5.74, 6) is -1.53. The predicted molar refractivity (Wildman–Crippen MR) is 222 cm³/mol. The zero-order valence-electron chi connectivity index (χ0n) is 38.9. The molecule has 2 amide bonds. The van der Waals surface area contributed by atoms with Crippen LogP contribution in [0, 0.1) is 0 Å². The van der Waals surface area contributed by atoms with Crippen LogP contribution in [0.3, 0.4) is 0 Å². The van der Waals surface area contributed by atoms with Gasteiger partial charge in [-0.3, -0.25) is 9.59 Å². The highest BCUT2D eigenvalue weighted by Gasteiger charge is 2.57. The third kappa shape index (κ3) is 13.0. The van der Waals surface area contributed by atoms with Crippen molar-refractivity contribution in [3.05, 3.63) is 0 Å². The summed E-state index contributed by atoms with van der Waals surface area (Å²) >= 11 is 0. The van der Waals surface area contributed by atoms with E-state index in [1.165, 1.54) is 0 Å². The molecule has 73 heavy (non-hydrogen) atoms. The third-order valence-corrected chi connectivity index (χ3v) is 13.2. The average molecular weight is 1070 g/mol. The minimum absolute atomic E-state index is 0.711. The maximum Gasteiger partial charge on any atom is 0.217 e. The number of hydrogen-bond donors (Lipinski definition) is 20. The molecule has 0 radical (unpaired) electrons. The molecule has 0 unspecified atom stereocenters. The largest absolute Gasteiger partial charge is 0.394 e. The van der Waals surface area contributed by atoms with E-state index in [0.29, 0.717) is 0 Å². The molecule has 6 saturated heterocycles. The van der Waals surface area contributed by atoms with Crippen molar-refractivity contribution in [3.63, 3.8) is 0 Å². The molecule has 33 heteroatoms. The molecule has 33 nitrogen and oxygen atoms in total. The number of carbonyl (C=O) groups excluding carboxylic acids is 2. The summed E-state index contributed by atoms with van der Waals surface area (Å²) in [5.41, 5.74) is 0. The van der Waals surface area contributed by atoms with Crippen molar-refractivity contribution in [3.8, 4) is 0 Å². The summed E-state index contributed by atoms with van der Waals surface area (Å²) in [6.07, 6.45) is -53.2. The fourth-order valence-electron chi connectivity index (χ4n) is 9.23. The Kier molecular flexibility index (Phi) is 21.3. The Morgan fingerprint density at radius 3 is 1.12 bits per heavy atom. The third-order valence-electron chi connectivity index (χ3n) is 13.2. The molecule has 30 atom stereocenters. The molecule has 0 aliphatic carbocycles. The zero-order chi connectivity index (χ0) is 53.9. The van der Waals surface area contributed by atoms with Gasteiger partial charge in [-0.25, -0.2) is 0 Å². The molecule has 6 aliphatic rings. The molecule has 6 aliphatic heterocycles. The van der Waals surface area contributed by atoms with Gasteiger partial charge in [-0.2, -0.15) is 0 Å². The van der Waals surface area contributed by atoms with E-state index in [9.17, 15) is 102 Å². The molecule has 0 spiro atoms. The lowest BCUT2D eigenvalue weighted by molar-refractivity contribution is -0.391. The van der Waals surface area contributed by atoms with Gasteiger partial charge in [-0.1, -0.05) is 0 Å². The number of amides is 2. The summed E-state index contributed by atoms with van der Waals surface area (Å²) in [6.45, 7) is -3.55. The van der Waals surface area contributed by atoms with Crippen LogP contribution < -0.4 is 10.6 Å². The topological polar surface area (TPSA) is 524 Å². The first kappa shape index (κ1) is 60.0. The lowest BCUT2D eigenvalue weighted by Crippen LogP contribution is -2.70. The highest BCUT2D eigenvalue weighted by Crippen LogP contribution is 2.36.